The van der Waals surface area contributed by atoms with Crippen molar-refractivity contribution in [3.63, 3.8) is 0 Å². The van der Waals surface area contributed by atoms with Crippen molar-refractivity contribution in [1.29, 1.82) is 0 Å². The van der Waals surface area contributed by atoms with E-state index >= 15 is 0 Å². The molecule has 0 aromatic heterocycles. The molecule has 0 saturated carbocycles. The Labute approximate surface area is 110 Å². The van der Waals surface area contributed by atoms with Crippen molar-refractivity contribution in [3.8, 4) is 0 Å². The molecule has 1 unspecified atom stereocenters. The Kier molecular flexibility index (Phi) is 5.95. The Balaban J connectivity index is 2.53. The summed E-state index contributed by atoms with van der Waals surface area (Å²) in [6.45, 7) is 2.16. The lowest BCUT2D eigenvalue weighted by atomic mass is 10.2. The van der Waals surface area contributed by atoms with Crippen molar-refractivity contribution >= 4 is 11.9 Å². The summed E-state index contributed by atoms with van der Waals surface area (Å²) in [6.07, 6.45) is -0.794. The molecule has 0 aliphatic rings. The summed E-state index contributed by atoms with van der Waals surface area (Å²) in [5.74, 6) is -1.97. The number of carboxylic acids is 1. The smallest absolute Gasteiger partial charge is 0.306 e. The highest BCUT2D eigenvalue weighted by atomic mass is 19.1. The summed E-state index contributed by atoms with van der Waals surface area (Å²) in [6, 6.07) is 5.26. The van der Waals surface area contributed by atoms with Gasteiger partial charge in [-0.3, -0.25) is 9.59 Å². The number of benzene rings is 1. The van der Waals surface area contributed by atoms with Crippen LogP contribution in [-0.4, -0.2) is 36.2 Å². The lowest BCUT2D eigenvalue weighted by Gasteiger charge is -2.15. The van der Waals surface area contributed by atoms with E-state index in [-0.39, 0.29) is 18.5 Å². The third-order valence-corrected chi connectivity index (χ3v) is 2.38. The number of nitrogens with one attached hydrogen (secondary N) is 1. The van der Waals surface area contributed by atoms with Crippen molar-refractivity contribution in [1.82, 2.24) is 5.32 Å². The van der Waals surface area contributed by atoms with Crippen LogP contribution in [0.2, 0.25) is 0 Å². The van der Waals surface area contributed by atoms with Gasteiger partial charge in [0.05, 0.1) is 12.5 Å². The largest absolute Gasteiger partial charge is 0.481 e. The summed E-state index contributed by atoms with van der Waals surface area (Å²) >= 11 is 0. The van der Waals surface area contributed by atoms with Gasteiger partial charge in [-0.05, 0) is 25.1 Å². The monoisotopic (exact) mass is 269 g/mol. The highest BCUT2D eigenvalue weighted by Crippen LogP contribution is 2.04. The first-order valence-corrected chi connectivity index (χ1v) is 5.90. The second kappa shape index (κ2) is 7.48. The molecule has 0 fully saturated rings. The summed E-state index contributed by atoms with van der Waals surface area (Å²) in [5, 5.41) is 11.2. The molecule has 0 saturated heterocycles. The fourth-order valence-corrected chi connectivity index (χ4v) is 1.56. The van der Waals surface area contributed by atoms with Gasteiger partial charge in [0, 0.05) is 18.7 Å². The molecule has 1 rings (SSSR count). The van der Waals surface area contributed by atoms with E-state index in [9.17, 15) is 14.0 Å². The van der Waals surface area contributed by atoms with Crippen LogP contribution in [0.25, 0.3) is 0 Å². The quantitative estimate of drug-likeness (QED) is 0.785. The lowest BCUT2D eigenvalue weighted by molar-refractivity contribution is -0.140. The van der Waals surface area contributed by atoms with Crippen molar-refractivity contribution in [2.75, 3.05) is 13.2 Å². The molecule has 2 N–H and O–H groups in total. The number of ether oxygens (including phenoxy) is 1. The molecule has 0 spiro atoms. The fourth-order valence-electron chi connectivity index (χ4n) is 1.56. The van der Waals surface area contributed by atoms with E-state index in [1.807, 2.05) is 0 Å². The topological polar surface area (TPSA) is 75.6 Å². The highest BCUT2D eigenvalue weighted by molar-refractivity contribution is 5.94. The van der Waals surface area contributed by atoms with Crippen molar-refractivity contribution in [3.05, 3.63) is 35.6 Å². The maximum absolute atomic E-state index is 12.9. The lowest BCUT2D eigenvalue weighted by Crippen LogP contribution is -2.35. The number of hydrogen-bond acceptors (Lipinski definition) is 3. The van der Waals surface area contributed by atoms with Crippen LogP contribution < -0.4 is 5.32 Å². The van der Waals surface area contributed by atoms with Crippen LogP contribution in [0.3, 0.4) is 0 Å². The highest BCUT2D eigenvalue weighted by Gasteiger charge is 2.15. The van der Waals surface area contributed by atoms with Gasteiger partial charge in [0.1, 0.15) is 5.82 Å². The molecular weight excluding hydrogens is 253 g/mol. The summed E-state index contributed by atoms with van der Waals surface area (Å²) in [5.41, 5.74) is 0.186. The zero-order valence-electron chi connectivity index (χ0n) is 10.6. The summed E-state index contributed by atoms with van der Waals surface area (Å²) in [4.78, 5) is 22.3. The molecule has 104 valence electrons. The molecule has 0 aliphatic heterocycles. The number of carboxylic acid groups (broad SMARTS) is 1. The molecule has 1 atom stereocenters. The maximum Gasteiger partial charge on any atom is 0.306 e. The molecule has 19 heavy (non-hydrogen) atoms. The second-order valence-electron chi connectivity index (χ2n) is 3.90. The Morgan fingerprint density at radius 2 is 2.21 bits per heavy atom. The molecule has 0 heterocycles. The van der Waals surface area contributed by atoms with Gasteiger partial charge in [0.25, 0.3) is 5.91 Å². The molecular formula is C13H16FNO4. The van der Waals surface area contributed by atoms with E-state index in [1.165, 1.54) is 18.2 Å². The van der Waals surface area contributed by atoms with E-state index in [2.05, 4.69) is 5.32 Å². The average Bonchev–Trinajstić information content (AvgIpc) is 2.35. The van der Waals surface area contributed by atoms with E-state index in [0.717, 1.165) is 6.07 Å². The first-order valence-electron chi connectivity index (χ1n) is 5.90. The molecule has 1 aromatic carbocycles. The first kappa shape index (κ1) is 15.1. The van der Waals surface area contributed by atoms with Crippen molar-refractivity contribution in [2.45, 2.75) is 19.4 Å². The van der Waals surface area contributed by atoms with Crippen molar-refractivity contribution in [2.24, 2.45) is 0 Å². The van der Waals surface area contributed by atoms with Crippen LogP contribution in [-0.2, 0) is 9.53 Å². The Bertz CT molecular complexity index is 450. The normalized spacial score (nSPS) is 11.9. The molecule has 5 nitrogen and oxygen atoms in total. The van der Waals surface area contributed by atoms with Crippen LogP contribution in [0.5, 0.6) is 0 Å². The number of carbonyl (C=O) groups is 2. The fraction of sp³-hybridized carbons (Fsp3) is 0.385. The van der Waals surface area contributed by atoms with E-state index in [4.69, 9.17) is 9.84 Å². The van der Waals surface area contributed by atoms with Gasteiger partial charge in [-0.1, -0.05) is 6.07 Å². The minimum absolute atomic E-state index is 0.0650. The standard InChI is InChI=1S/C13H16FNO4/c1-2-19-11(7-12(16)17)8-15-13(18)9-4-3-5-10(14)6-9/h3-6,11H,2,7-8H2,1H3,(H,15,18)(H,16,17). The number of halogens is 1. The predicted molar refractivity (Wildman–Crippen MR) is 66.4 cm³/mol. The van der Waals surface area contributed by atoms with E-state index in [1.54, 1.807) is 6.92 Å². The molecule has 6 heteroatoms. The summed E-state index contributed by atoms with van der Waals surface area (Å²) in [7, 11) is 0. The van der Waals surface area contributed by atoms with Crippen molar-refractivity contribution < 1.29 is 23.8 Å². The molecule has 1 amide bonds. The van der Waals surface area contributed by atoms with Crippen LogP contribution in [0, 0.1) is 5.82 Å². The van der Waals surface area contributed by atoms with Crippen LogP contribution >= 0.6 is 0 Å². The minimum Gasteiger partial charge on any atom is -0.481 e. The number of amides is 1. The number of hydrogen-bond donors (Lipinski definition) is 2. The zero-order valence-corrected chi connectivity index (χ0v) is 10.6. The van der Waals surface area contributed by atoms with Gasteiger partial charge in [-0.2, -0.15) is 0 Å². The predicted octanol–water partition coefficient (Wildman–Crippen LogP) is 1.44. The van der Waals surface area contributed by atoms with Crippen LogP contribution in [0.15, 0.2) is 24.3 Å². The maximum atomic E-state index is 12.9. The summed E-state index contributed by atoms with van der Waals surface area (Å²) < 4.78 is 18.1. The number of aliphatic carboxylic acids is 1. The minimum atomic E-state index is -1.00. The van der Waals surface area contributed by atoms with E-state index < -0.39 is 23.8 Å². The SMILES string of the molecule is CCOC(CNC(=O)c1cccc(F)c1)CC(=O)O. The zero-order chi connectivity index (χ0) is 14.3. The Hall–Kier alpha value is -1.95. The van der Waals surface area contributed by atoms with Gasteiger partial charge >= 0.3 is 5.97 Å². The van der Waals surface area contributed by atoms with Gasteiger partial charge in [-0.25, -0.2) is 4.39 Å². The van der Waals surface area contributed by atoms with E-state index in [0.29, 0.717) is 6.61 Å². The third-order valence-electron chi connectivity index (χ3n) is 2.38. The van der Waals surface area contributed by atoms with Gasteiger partial charge in [0.2, 0.25) is 0 Å². The van der Waals surface area contributed by atoms with Gasteiger partial charge in [-0.15, -0.1) is 0 Å². The van der Waals surface area contributed by atoms with Gasteiger partial charge < -0.3 is 15.2 Å². The van der Waals surface area contributed by atoms with Crippen LogP contribution in [0.4, 0.5) is 4.39 Å². The third kappa shape index (κ3) is 5.48. The molecule has 0 radical (unpaired) electrons. The molecule has 0 aliphatic carbocycles. The first-order chi connectivity index (χ1) is 9.02. The molecule has 0 bridgehead atoms. The number of rotatable bonds is 7. The molecule has 1 aromatic rings. The Morgan fingerprint density at radius 3 is 2.79 bits per heavy atom. The Morgan fingerprint density at radius 1 is 1.47 bits per heavy atom. The van der Waals surface area contributed by atoms with Gasteiger partial charge in [0.15, 0.2) is 0 Å². The van der Waals surface area contributed by atoms with Crippen LogP contribution in [0.1, 0.15) is 23.7 Å². The average molecular weight is 269 g/mol. The number of carbonyl (C=O) groups excluding carboxylic acids is 1. The second-order valence-corrected chi connectivity index (χ2v) is 3.90.